The molecule has 1 aromatic heterocycles. The Kier molecular flexibility index (Phi) is 6.43. The minimum absolute atomic E-state index is 0.155. The first-order valence-electron chi connectivity index (χ1n) is 8.86. The Morgan fingerprint density at radius 2 is 1.77 bits per heavy atom. The Bertz CT molecular complexity index is 1040. The van der Waals surface area contributed by atoms with Crippen LogP contribution in [-0.4, -0.2) is 30.0 Å². The van der Waals surface area contributed by atoms with E-state index in [0.29, 0.717) is 18.2 Å². The summed E-state index contributed by atoms with van der Waals surface area (Å²) >= 11 is 0. The van der Waals surface area contributed by atoms with Crippen LogP contribution in [0.25, 0.3) is 0 Å². The van der Waals surface area contributed by atoms with Crippen LogP contribution in [0.4, 0.5) is 11.4 Å². The van der Waals surface area contributed by atoms with Crippen LogP contribution >= 0.6 is 0 Å². The first kappa shape index (κ1) is 20.6. The van der Waals surface area contributed by atoms with E-state index in [9.17, 15) is 14.9 Å². The quantitative estimate of drug-likeness (QED) is 0.444. The van der Waals surface area contributed by atoms with Crippen molar-refractivity contribution in [1.29, 1.82) is 0 Å². The lowest BCUT2D eigenvalue weighted by Gasteiger charge is -2.11. The summed E-state index contributed by atoms with van der Waals surface area (Å²) in [7, 11) is 2.73. The average molecular weight is 409 g/mol. The fourth-order valence-corrected chi connectivity index (χ4v) is 2.67. The van der Waals surface area contributed by atoms with Gasteiger partial charge in [-0.2, -0.15) is 0 Å². The molecule has 1 N–H and O–H groups in total. The van der Waals surface area contributed by atoms with Gasteiger partial charge < -0.3 is 19.5 Å². The van der Waals surface area contributed by atoms with Gasteiger partial charge in [0.15, 0.2) is 11.5 Å². The molecule has 9 heteroatoms. The molecular weight excluding hydrogens is 390 g/mol. The molecule has 9 nitrogen and oxygen atoms in total. The number of nitrogens with zero attached hydrogens (tertiary/aromatic N) is 2. The summed E-state index contributed by atoms with van der Waals surface area (Å²) in [5, 5.41) is 14.0. The predicted molar refractivity (Wildman–Crippen MR) is 109 cm³/mol. The SMILES string of the molecule is COc1cc(C(=O)Nc2ccc(OCc3ccccc3)nc2)c([N+](=O)[O-])cc1OC. The third-order valence-electron chi connectivity index (χ3n) is 4.17. The van der Waals surface area contributed by atoms with Gasteiger partial charge in [0.2, 0.25) is 5.88 Å². The van der Waals surface area contributed by atoms with Crippen molar-refractivity contribution in [3.8, 4) is 17.4 Å². The van der Waals surface area contributed by atoms with Gasteiger partial charge in [-0.3, -0.25) is 14.9 Å². The van der Waals surface area contributed by atoms with E-state index in [1.807, 2.05) is 30.3 Å². The zero-order chi connectivity index (χ0) is 21.5. The lowest BCUT2D eigenvalue weighted by atomic mass is 10.1. The highest BCUT2D eigenvalue weighted by atomic mass is 16.6. The number of hydrogen-bond donors (Lipinski definition) is 1. The van der Waals surface area contributed by atoms with Gasteiger partial charge in [0.1, 0.15) is 12.2 Å². The van der Waals surface area contributed by atoms with Crippen molar-refractivity contribution in [2.45, 2.75) is 6.61 Å². The highest BCUT2D eigenvalue weighted by molar-refractivity contribution is 6.07. The number of carbonyl (C=O) groups is 1. The molecule has 0 fully saturated rings. The standard InChI is InChI=1S/C21H19N3O6/c1-28-18-10-16(17(24(26)27)11-19(18)29-2)21(25)23-15-8-9-20(22-12-15)30-13-14-6-4-3-5-7-14/h3-12H,13H2,1-2H3,(H,23,25). The van der Waals surface area contributed by atoms with Crippen LogP contribution in [0.5, 0.6) is 17.4 Å². The van der Waals surface area contributed by atoms with Gasteiger partial charge in [0, 0.05) is 12.1 Å². The molecule has 0 spiro atoms. The number of methoxy groups -OCH3 is 2. The smallest absolute Gasteiger partial charge is 0.286 e. The van der Waals surface area contributed by atoms with E-state index in [0.717, 1.165) is 11.6 Å². The van der Waals surface area contributed by atoms with Gasteiger partial charge in [-0.15, -0.1) is 0 Å². The number of nitro groups is 1. The van der Waals surface area contributed by atoms with Gasteiger partial charge >= 0.3 is 0 Å². The summed E-state index contributed by atoms with van der Waals surface area (Å²) in [5.74, 6) is 0.0646. The van der Waals surface area contributed by atoms with Crippen LogP contribution in [0.15, 0.2) is 60.8 Å². The zero-order valence-electron chi connectivity index (χ0n) is 16.3. The Hall–Kier alpha value is -4.14. The van der Waals surface area contributed by atoms with Crippen molar-refractivity contribution < 1.29 is 23.9 Å². The van der Waals surface area contributed by atoms with Crippen molar-refractivity contribution in [3.63, 3.8) is 0 Å². The second kappa shape index (κ2) is 9.37. The second-order valence-corrected chi connectivity index (χ2v) is 6.09. The van der Waals surface area contributed by atoms with Crippen LogP contribution in [0.3, 0.4) is 0 Å². The molecule has 0 aliphatic heterocycles. The van der Waals surface area contributed by atoms with Gasteiger partial charge in [-0.25, -0.2) is 4.98 Å². The van der Waals surface area contributed by atoms with E-state index < -0.39 is 16.5 Å². The van der Waals surface area contributed by atoms with Crippen LogP contribution < -0.4 is 19.5 Å². The van der Waals surface area contributed by atoms with Crippen LogP contribution in [-0.2, 0) is 6.61 Å². The van der Waals surface area contributed by atoms with E-state index >= 15 is 0 Å². The molecule has 0 atom stereocenters. The summed E-state index contributed by atoms with van der Waals surface area (Å²) in [6, 6.07) is 15.2. The molecule has 30 heavy (non-hydrogen) atoms. The summed E-state index contributed by atoms with van der Waals surface area (Å²) in [6.07, 6.45) is 1.41. The third-order valence-corrected chi connectivity index (χ3v) is 4.17. The van der Waals surface area contributed by atoms with Gasteiger partial charge in [-0.1, -0.05) is 30.3 Å². The molecule has 2 aromatic carbocycles. The first-order valence-corrected chi connectivity index (χ1v) is 8.86. The van der Waals surface area contributed by atoms with Crippen molar-refractivity contribution in [2.75, 3.05) is 19.5 Å². The minimum Gasteiger partial charge on any atom is -0.493 e. The molecular formula is C21H19N3O6. The monoisotopic (exact) mass is 409 g/mol. The number of hydrogen-bond acceptors (Lipinski definition) is 7. The first-order chi connectivity index (χ1) is 14.5. The maximum Gasteiger partial charge on any atom is 0.286 e. The number of anilines is 1. The number of nitrogens with one attached hydrogen (secondary N) is 1. The third kappa shape index (κ3) is 4.82. The molecule has 3 rings (SSSR count). The molecule has 0 aliphatic rings. The van der Waals surface area contributed by atoms with E-state index in [-0.39, 0.29) is 17.1 Å². The number of benzene rings is 2. The summed E-state index contributed by atoms with van der Waals surface area (Å²) in [4.78, 5) is 27.5. The Morgan fingerprint density at radius 1 is 1.07 bits per heavy atom. The lowest BCUT2D eigenvalue weighted by molar-refractivity contribution is -0.385. The average Bonchev–Trinajstić information content (AvgIpc) is 2.78. The highest BCUT2D eigenvalue weighted by Crippen LogP contribution is 2.34. The number of aromatic nitrogens is 1. The van der Waals surface area contributed by atoms with E-state index in [2.05, 4.69) is 10.3 Å². The Morgan fingerprint density at radius 3 is 2.37 bits per heavy atom. The molecule has 0 unspecified atom stereocenters. The minimum atomic E-state index is -0.678. The van der Waals surface area contributed by atoms with Crippen molar-refractivity contribution in [3.05, 3.63) is 82.0 Å². The molecule has 0 saturated heterocycles. The fraction of sp³-hybridized carbons (Fsp3) is 0.143. The lowest BCUT2D eigenvalue weighted by Crippen LogP contribution is -2.14. The molecule has 1 heterocycles. The summed E-state index contributed by atoms with van der Waals surface area (Å²) in [6.45, 7) is 0.359. The van der Waals surface area contributed by atoms with E-state index in [4.69, 9.17) is 14.2 Å². The molecule has 0 bridgehead atoms. The van der Waals surface area contributed by atoms with Crippen molar-refractivity contribution >= 4 is 17.3 Å². The molecule has 0 aliphatic carbocycles. The maximum absolute atomic E-state index is 12.6. The zero-order valence-corrected chi connectivity index (χ0v) is 16.3. The maximum atomic E-state index is 12.6. The molecule has 0 radical (unpaired) electrons. The summed E-state index contributed by atoms with van der Waals surface area (Å²) < 4.78 is 15.8. The largest absolute Gasteiger partial charge is 0.493 e. The van der Waals surface area contributed by atoms with E-state index in [1.54, 1.807) is 12.1 Å². The molecule has 1 amide bonds. The number of rotatable bonds is 8. The highest BCUT2D eigenvalue weighted by Gasteiger charge is 2.24. The van der Waals surface area contributed by atoms with Crippen LogP contribution in [0.1, 0.15) is 15.9 Å². The van der Waals surface area contributed by atoms with Crippen LogP contribution in [0, 0.1) is 10.1 Å². The number of ether oxygens (including phenoxy) is 3. The molecule has 154 valence electrons. The topological polar surface area (TPSA) is 113 Å². The van der Waals surface area contributed by atoms with E-state index in [1.165, 1.54) is 26.5 Å². The number of nitro benzene ring substituents is 1. The van der Waals surface area contributed by atoms with Crippen molar-refractivity contribution in [2.24, 2.45) is 0 Å². The number of pyridine rings is 1. The second-order valence-electron chi connectivity index (χ2n) is 6.09. The Balaban J connectivity index is 1.73. The van der Waals surface area contributed by atoms with Gasteiger partial charge in [0.25, 0.3) is 11.6 Å². The van der Waals surface area contributed by atoms with Gasteiger partial charge in [0.05, 0.1) is 37.1 Å². The molecule has 3 aromatic rings. The van der Waals surface area contributed by atoms with Gasteiger partial charge in [-0.05, 0) is 11.6 Å². The molecule has 0 saturated carbocycles. The normalized spacial score (nSPS) is 10.2. The Labute approximate surface area is 172 Å². The number of amides is 1. The van der Waals surface area contributed by atoms with Crippen molar-refractivity contribution in [1.82, 2.24) is 4.98 Å². The van der Waals surface area contributed by atoms with Crippen LogP contribution in [0.2, 0.25) is 0 Å². The summed E-state index contributed by atoms with van der Waals surface area (Å²) in [5.41, 5.74) is 0.788. The predicted octanol–water partition coefficient (Wildman–Crippen LogP) is 3.84. The number of carbonyl (C=O) groups excluding carboxylic acids is 1. The fourth-order valence-electron chi connectivity index (χ4n) is 2.67.